The van der Waals surface area contributed by atoms with Gasteiger partial charge in [-0.25, -0.2) is 0 Å². The maximum absolute atomic E-state index is 13.6. The van der Waals surface area contributed by atoms with Gasteiger partial charge in [0.05, 0.1) is 30.6 Å². The molecule has 0 N–H and O–H groups in total. The smallest absolute Gasteiger partial charge is 0.272 e. The van der Waals surface area contributed by atoms with E-state index in [0.717, 1.165) is 30.9 Å². The molecule has 1 amide bonds. The van der Waals surface area contributed by atoms with Gasteiger partial charge in [0, 0.05) is 38.4 Å². The zero-order valence-electron chi connectivity index (χ0n) is 17.8. The monoisotopic (exact) mass is 400 g/mol. The summed E-state index contributed by atoms with van der Waals surface area (Å²) in [5.74, 6) is 0.0215. The van der Waals surface area contributed by atoms with Crippen molar-refractivity contribution in [3.63, 3.8) is 0 Å². The highest BCUT2D eigenvalue weighted by Crippen LogP contribution is 2.32. The van der Waals surface area contributed by atoms with Crippen molar-refractivity contribution >= 4 is 5.91 Å². The summed E-state index contributed by atoms with van der Waals surface area (Å²) >= 11 is 0. The topological polar surface area (TPSA) is 68.4 Å². The largest absolute Gasteiger partial charge is 0.373 e. The number of aryl methyl sites for hydroxylation is 3. The maximum Gasteiger partial charge on any atom is 0.272 e. The molecule has 2 aromatic rings. The third-order valence-electron chi connectivity index (χ3n) is 5.99. The molecule has 29 heavy (non-hydrogen) atoms. The lowest BCUT2D eigenvalue weighted by atomic mass is 9.99. The fraction of sp³-hybridized carbons (Fsp3) is 0.667. The molecule has 0 aromatic carbocycles. The highest BCUT2D eigenvalue weighted by molar-refractivity contribution is 5.93. The van der Waals surface area contributed by atoms with Gasteiger partial charge in [-0.1, -0.05) is 6.42 Å². The molecule has 158 valence electrons. The molecular formula is C21H32N6O2. The van der Waals surface area contributed by atoms with Crippen LogP contribution in [0.3, 0.4) is 0 Å². The molecule has 4 heterocycles. The van der Waals surface area contributed by atoms with Gasteiger partial charge in [-0.3, -0.25) is 14.2 Å². The summed E-state index contributed by atoms with van der Waals surface area (Å²) in [7, 11) is 1.91. The standard InChI is InChI=1S/C21H32N6O2/c1-4-27-18(12-16(2)23-27)21(28)26-10-11-29-19(15-25-8-6-5-7-9-25)20(26)17-13-22-24(3)14-17/h12-14,19-20H,4-11,15H2,1-3H3/t19-,20-/m0/s1. The Morgan fingerprint density at radius 3 is 2.72 bits per heavy atom. The first-order valence-electron chi connectivity index (χ1n) is 10.7. The van der Waals surface area contributed by atoms with Crippen molar-refractivity contribution in [1.29, 1.82) is 0 Å². The molecule has 0 aliphatic carbocycles. The number of hydrogen-bond acceptors (Lipinski definition) is 5. The van der Waals surface area contributed by atoms with Crippen molar-refractivity contribution < 1.29 is 9.53 Å². The predicted molar refractivity (Wildman–Crippen MR) is 110 cm³/mol. The number of aromatic nitrogens is 4. The van der Waals surface area contributed by atoms with Crippen LogP contribution in [-0.2, 0) is 18.3 Å². The van der Waals surface area contributed by atoms with Gasteiger partial charge in [0.25, 0.3) is 5.91 Å². The Balaban J connectivity index is 1.64. The number of likely N-dealkylation sites (tertiary alicyclic amines) is 1. The average molecular weight is 401 g/mol. The van der Waals surface area contributed by atoms with Gasteiger partial charge < -0.3 is 14.5 Å². The van der Waals surface area contributed by atoms with E-state index in [2.05, 4.69) is 15.1 Å². The van der Waals surface area contributed by atoms with Gasteiger partial charge in [-0.15, -0.1) is 0 Å². The summed E-state index contributed by atoms with van der Waals surface area (Å²) in [5.41, 5.74) is 2.55. The van der Waals surface area contributed by atoms with Crippen LogP contribution >= 0.6 is 0 Å². The van der Waals surface area contributed by atoms with Crippen molar-refractivity contribution in [1.82, 2.24) is 29.4 Å². The number of morpholine rings is 1. The summed E-state index contributed by atoms with van der Waals surface area (Å²) in [6.07, 6.45) is 7.59. The predicted octanol–water partition coefficient (Wildman–Crippen LogP) is 2.01. The molecule has 2 aliphatic heterocycles. The molecular weight excluding hydrogens is 368 g/mol. The fourth-order valence-electron chi connectivity index (χ4n) is 4.60. The van der Waals surface area contributed by atoms with Gasteiger partial charge in [-0.2, -0.15) is 10.2 Å². The Morgan fingerprint density at radius 1 is 1.24 bits per heavy atom. The van der Waals surface area contributed by atoms with Crippen molar-refractivity contribution in [2.24, 2.45) is 7.05 Å². The van der Waals surface area contributed by atoms with E-state index in [1.165, 1.54) is 19.3 Å². The minimum atomic E-state index is -0.146. The normalized spacial score (nSPS) is 23.5. The summed E-state index contributed by atoms with van der Waals surface area (Å²) < 4.78 is 9.84. The Kier molecular flexibility index (Phi) is 6.01. The molecule has 2 aliphatic rings. The number of nitrogens with zero attached hydrogens (tertiary/aromatic N) is 6. The molecule has 8 nitrogen and oxygen atoms in total. The van der Waals surface area contributed by atoms with Gasteiger partial charge in [0.2, 0.25) is 0 Å². The molecule has 2 fully saturated rings. The number of hydrogen-bond donors (Lipinski definition) is 0. The van der Waals surface area contributed by atoms with Crippen LogP contribution in [0.5, 0.6) is 0 Å². The number of rotatable bonds is 5. The Bertz CT molecular complexity index is 838. The third kappa shape index (κ3) is 4.23. The maximum atomic E-state index is 13.6. The number of amides is 1. The van der Waals surface area contributed by atoms with Crippen molar-refractivity contribution in [2.45, 2.75) is 51.8 Å². The van der Waals surface area contributed by atoms with Crippen LogP contribution < -0.4 is 0 Å². The number of carbonyl (C=O) groups excluding carboxylic acids is 1. The second kappa shape index (κ2) is 8.67. The van der Waals surface area contributed by atoms with E-state index in [4.69, 9.17) is 4.74 Å². The molecule has 0 spiro atoms. The molecule has 2 aromatic heterocycles. The first-order valence-corrected chi connectivity index (χ1v) is 10.7. The summed E-state index contributed by atoms with van der Waals surface area (Å²) in [6, 6.07) is 1.74. The average Bonchev–Trinajstić information content (AvgIpc) is 3.33. The SMILES string of the molecule is CCn1nc(C)cc1C(=O)N1CCO[C@@H](CN2CCCCC2)[C@@H]1c1cnn(C)c1. The lowest BCUT2D eigenvalue weighted by Gasteiger charge is -2.43. The highest BCUT2D eigenvalue weighted by atomic mass is 16.5. The van der Waals surface area contributed by atoms with Crippen molar-refractivity contribution in [3.05, 3.63) is 35.4 Å². The van der Waals surface area contributed by atoms with Crippen LogP contribution in [0.2, 0.25) is 0 Å². The van der Waals surface area contributed by atoms with E-state index >= 15 is 0 Å². The van der Waals surface area contributed by atoms with Crippen LogP contribution in [0.15, 0.2) is 18.5 Å². The lowest BCUT2D eigenvalue weighted by molar-refractivity contribution is -0.0744. The number of piperidine rings is 1. The molecule has 4 rings (SSSR count). The first-order chi connectivity index (χ1) is 14.1. The van der Waals surface area contributed by atoms with E-state index in [9.17, 15) is 4.79 Å². The molecule has 2 saturated heterocycles. The van der Waals surface area contributed by atoms with Crippen molar-refractivity contribution in [3.8, 4) is 0 Å². The van der Waals surface area contributed by atoms with Gasteiger partial charge >= 0.3 is 0 Å². The van der Waals surface area contributed by atoms with Crippen LogP contribution in [0.1, 0.15) is 54.0 Å². The van der Waals surface area contributed by atoms with Crippen molar-refractivity contribution in [2.75, 3.05) is 32.8 Å². The van der Waals surface area contributed by atoms with Crippen LogP contribution in [0.25, 0.3) is 0 Å². The second-order valence-corrected chi connectivity index (χ2v) is 8.15. The van der Waals surface area contributed by atoms with E-state index in [-0.39, 0.29) is 18.1 Å². The van der Waals surface area contributed by atoms with Crippen LogP contribution in [0, 0.1) is 6.92 Å². The summed E-state index contributed by atoms with van der Waals surface area (Å²) in [4.78, 5) is 18.0. The minimum Gasteiger partial charge on any atom is -0.373 e. The lowest BCUT2D eigenvalue weighted by Crippen LogP contribution is -2.52. The molecule has 2 atom stereocenters. The Hall–Kier alpha value is -2.19. The number of ether oxygens (including phenoxy) is 1. The highest BCUT2D eigenvalue weighted by Gasteiger charge is 2.39. The van der Waals surface area contributed by atoms with Crippen LogP contribution in [-0.4, -0.2) is 74.2 Å². The van der Waals surface area contributed by atoms with E-state index in [0.29, 0.717) is 25.4 Å². The van der Waals surface area contributed by atoms with E-state index < -0.39 is 0 Å². The fourth-order valence-corrected chi connectivity index (χ4v) is 4.60. The molecule has 0 bridgehead atoms. The van der Waals surface area contributed by atoms with Crippen LogP contribution in [0.4, 0.5) is 0 Å². The summed E-state index contributed by atoms with van der Waals surface area (Å²) in [5, 5.41) is 8.84. The summed E-state index contributed by atoms with van der Waals surface area (Å²) in [6.45, 7) is 8.80. The van der Waals surface area contributed by atoms with E-state index in [1.54, 1.807) is 9.36 Å². The minimum absolute atomic E-state index is 0.0215. The number of carbonyl (C=O) groups is 1. The third-order valence-corrected chi connectivity index (χ3v) is 5.99. The quantitative estimate of drug-likeness (QED) is 0.768. The first kappa shape index (κ1) is 20.1. The van der Waals surface area contributed by atoms with E-state index in [1.807, 2.05) is 44.3 Å². The zero-order valence-corrected chi connectivity index (χ0v) is 17.8. The van der Waals surface area contributed by atoms with Gasteiger partial charge in [-0.05, 0) is 45.8 Å². The van der Waals surface area contributed by atoms with Gasteiger partial charge in [0.15, 0.2) is 0 Å². The molecule has 0 radical (unpaired) electrons. The van der Waals surface area contributed by atoms with Gasteiger partial charge in [0.1, 0.15) is 5.69 Å². The second-order valence-electron chi connectivity index (χ2n) is 8.15. The molecule has 0 unspecified atom stereocenters. The zero-order chi connectivity index (χ0) is 20.4. The molecule has 8 heteroatoms. The molecule has 0 saturated carbocycles. The Morgan fingerprint density at radius 2 is 2.03 bits per heavy atom. The Labute approximate surface area is 172 Å².